The lowest BCUT2D eigenvalue weighted by Gasteiger charge is -2.39. The van der Waals surface area contributed by atoms with Gasteiger partial charge in [0.2, 0.25) is 5.91 Å². The Balaban J connectivity index is 2.16. The van der Waals surface area contributed by atoms with Crippen molar-refractivity contribution in [1.29, 1.82) is 0 Å². The highest BCUT2D eigenvalue weighted by Crippen LogP contribution is 2.28. The summed E-state index contributed by atoms with van der Waals surface area (Å²) in [4.78, 5) is 12.5. The van der Waals surface area contributed by atoms with Gasteiger partial charge in [0.1, 0.15) is 0 Å². The Labute approximate surface area is 57.9 Å². The Hall–Kier alpha value is -0.440. The third-order valence-corrected chi connectivity index (χ3v) is 2.59. The first kappa shape index (κ1) is 5.35. The molecule has 0 spiro atoms. The Morgan fingerprint density at radius 3 is 3.22 bits per heavy atom. The number of hydrogen-bond acceptors (Lipinski definition) is 2. The van der Waals surface area contributed by atoms with Gasteiger partial charge in [0.05, 0.1) is 6.04 Å². The first-order chi connectivity index (χ1) is 4.38. The number of hydrogen-bond donors (Lipinski definition) is 0. The van der Waals surface area contributed by atoms with E-state index >= 15 is 0 Å². The van der Waals surface area contributed by atoms with Crippen molar-refractivity contribution in [3.05, 3.63) is 11.6 Å². The predicted molar refractivity (Wildman–Crippen MR) is 36.8 cm³/mol. The molecular weight excluding hydrogens is 134 g/mol. The molecule has 0 N–H and O–H groups in total. The summed E-state index contributed by atoms with van der Waals surface area (Å²) in [6.45, 7) is 0. The first-order valence-electron chi connectivity index (χ1n) is 2.97. The van der Waals surface area contributed by atoms with Gasteiger partial charge in [0.25, 0.3) is 0 Å². The zero-order valence-corrected chi connectivity index (χ0v) is 5.73. The van der Waals surface area contributed by atoms with Crippen LogP contribution in [0.25, 0.3) is 0 Å². The highest BCUT2D eigenvalue weighted by atomic mass is 32.2. The molecule has 1 saturated heterocycles. The average Bonchev–Trinajstić information content (AvgIpc) is 1.86. The second-order valence-electron chi connectivity index (χ2n) is 2.28. The van der Waals surface area contributed by atoms with Crippen molar-refractivity contribution >= 4 is 17.7 Å². The molecule has 0 aliphatic carbocycles. The number of rotatable bonds is 0. The number of thioether (sulfide) groups is 1. The number of carbonyl (C=O) groups is 1. The lowest BCUT2D eigenvalue weighted by molar-refractivity contribution is -0.140. The van der Waals surface area contributed by atoms with E-state index in [1.807, 2.05) is 16.5 Å². The highest BCUT2D eigenvalue weighted by molar-refractivity contribution is 8.02. The first-order valence-corrected chi connectivity index (χ1v) is 4.02. The van der Waals surface area contributed by atoms with Crippen molar-refractivity contribution < 1.29 is 4.79 Å². The van der Waals surface area contributed by atoms with Gasteiger partial charge in [-0.05, 0) is 5.41 Å². The fourth-order valence-corrected chi connectivity index (χ4v) is 1.94. The monoisotopic (exact) mass is 141 g/mol. The van der Waals surface area contributed by atoms with Crippen LogP contribution in [0, 0.1) is 0 Å². The van der Waals surface area contributed by atoms with Crippen LogP contribution in [0.2, 0.25) is 0 Å². The molecule has 3 heteroatoms. The Bertz CT molecular complexity index is 178. The molecule has 0 unspecified atom stereocenters. The van der Waals surface area contributed by atoms with Gasteiger partial charge >= 0.3 is 0 Å². The summed E-state index contributed by atoms with van der Waals surface area (Å²) in [6, 6.07) is 0.521. The molecule has 0 radical (unpaired) electrons. The maximum Gasteiger partial charge on any atom is 0.228 e. The fourth-order valence-electron chi connectivity index (χ4n) is 1.12. The van der Waals surface area contributed by atoms with Gasteiger partial charge in [-0.1, -0.05) is 0 Å². The molecule has 0 saturated carbocycles. The minimum atomic E-state index is 0.275. The SMILES string of the molecule is O=C1C[C@H]2CSC=CN12. The van der Waals surface area contributed by atoms with E-state index in [0.29, 0.717) is 6.04 Å². The lowest BCUT2D eigenvalue weighted by Crippen LogP contribution is -2.51. The second kappa shape index (κ2) is 1.77. The topological polar surface area (TPSA) is 20.3 Å². The average molecular weight is 141 g/mol. The van der Waals surface area contributed by atoms with Crippen LogP contribution in [-0.4, -0.2) is 22.6 Å². The van der Waals surface area contributed by atoms with Crippen LogP contribution in [0.1, 0.15) is 6.42 Å². The number of carbonyl (C=O) groups excluding carboxylic acids is 1. The van der Waals surface area contributed by atoms with Crippen LogP contribution in [0.3, 0.4) is 0 Å². The molecule has 2 nitrogen and oxygen atoms in total. The normalized spacial score (nSPS) is 31.8. The van der Waals surface area contributed by atoms with Gasteiger partial charge in [0, 0.05) is 18.4 Å². The van der Waals surface area contributed by atoms with Crippen LogP contribution in [-0.2, 0) is 4.79 Å². The summed E-state index contributed by atoms with van der Waals surface area (Å²) >= 11 is 1.79. The lowest BCUT2D eigenvalue weighted by atomic mass is 10.1. The van der Waals surface area contributed by atoms with Crippen molar-refractivity contribution in [3.8, 4) is 0 Å². The molecule has 0 bridgehead atoms. The van der Waals surface area contributed by atoms with Crippen molar-refractivity contribution in [2.45, 2.75) is 12.5 Å². The maximum atomic E-state index is 10.7. The van der Waals surface area contributed by atoms with E-state index in [9.17, 15) is 4.79 Å². The Morgan fingerprint density at radius 1 is 1.78 bits per heavy atom. The van der Waals surface area contributed by atoms with Crippen molar-refractivity contribution in [2.75, 3.05) is 5.75 Å². The molecule has 2 rings (SSSR count). The van der Waals surface area contributed by atoms with E-state index in [0.717, 1.165) is 12.2 Å². The van der Waals surface area contributed by atoms with E-state index < -0.39 is 0 Å². The molecule has 2 heterocycles. The summed E-state index contributed by atoms with van der Waals surface area (Å²) in [5, 5.41) is 1.98. The number of nitrogens with zero attached hydrogens (tertiary/aromatic N) is 1. The van der Waals surface area contributed by atoms with Crippen molar-refractivity contribution in [3.63, 3.8) is 0 Å². The predicted octanol–water partition coefficient (Wildman–Crippen LogP) is 0.805. The van der Waals surface area contributed by atoms with E-state index in [-0.39, 0.29) is 5.91 Å². The van der Waals surface area contributed by atoms with Gasteiger partial charge in [0.15, 0.2) is 0 Å². The smallest absolute Gasteiger partial charge is 0.228 e. The number of β-lactam (4-membered cyclic amide) rings is 1. The molecule has 1 amide bonds. The second-order valence-corrected chi connectivity index (χ2v) is 3.22. The molecule has 2 aliphatic rings. The van der Waals surface area contributed by atoms with E-state index in [1.54, 1.807) is 11.8 Å². The summed E-state index contributed by atoms with van der Waals surface area (Å²) < 4.78 is 0. The van der Waals surface area contributed by atoms with Gasteiger partial charge in [-0.15, -0.1) is 11.8 Å². The van der Waals surface area contributed by atoms with Crippen molar-refractivity contribution in [2.24, 2.45) is 0 Å². The van der Waals surface area contributed by atoms with E-state index in [2.05, 4.69) is 0 Å². The van der Waals surface area contributed by atoms with Crippen LogP contribution in [0.15, 0.2) is 11.6 Å². The molecular formula is C6H7NOS. The third kappa shape index (κ3) is 0.678. The molecule has 9 heavy (non-hydrogen) atoms. The zero-order chi connectivity index (χ0) is 6.27. The number of amides is 1. The van der Waals surface area contributed by atoms with E-state index in [1.165, 1.54) is 0 Å². The van der Waals surface area contributed by atoms with Crippen LogP contribution < -0.4 is 0 Å². The summed E-state index contributed by atoms with van der Waals surface area (Å²) in [5.41, 5.74) is 0. The molecule has 0 aromatic carbocycles. The van der Waals surface area contributed by atoms with E-state index in [4.69, 9.17) is 0 Å². The molecule has 48 valence electrons. The van der Waals surface area contributed by atoms with Crippen LogP contribution >= 0.6 is 11.8 Å². The summed E-state index contributed by atoms with van der Waals surface area (Å²) in [7, 11) is 0. The maximum absolute atomic E-state index is 10.7. The Kier molecular flexibility index (Phi) is 1.05. The fraction of sp³-hybridized carbons (Fsp3) is 0.500. The van der Waals surface area contributed by atoms with Crippen molar-refractivity contribution in [1.82, 2.24) is 4.90 Å². The molecule has 0 aromatic heterocycles. The molecule has 1 atom stereocenters. The van der Waals surface area contributed by atoms with Gasteiger partial charge in [-0.3, -0.25) is 4.79 Å². The zero-order valence-electron chi connectivity index (χ0n) is 4.91. The van der Waals surface area contributed by atoms with Gasteiger partial charge < -0.3 is 4.90 Å². The largest absolute Gasteiger partial charge is 0.314 e. The Morgan fingerprint density at radius 2 is 2.67 bits per heavy atom. The number of fused-ring (bicyclic) bond motifs is 1. The minimum absolute atomic E-state index is 0.275. The standard InChI is InChI=1S/C6H7NOS/c8-6-3-5-4-9-2-1-7(5)6/h1-2,5H,3-4H2/t5-/m0/s1. The van der Waals surface area contributed by atoms with Gasteiger partial charge in [-0.2, -0.15) is 0 Å². The highest BCUT2D eigenvalue weighted by Gasteiger charge is 2.35. The van der Waals surface area contributed by atoms with Gasteiger partial charge in [-0.25, -0.2) is 0 Å². The quantitative estimate of drug-likeness (QED) is 0.465. The summed E-state index contributed by atoms with van der Waals surface area (Å²) in [5.74, 6) is 1.36. The molecule has 0 aromatic rings. The molecule has 1 fully saturated rings. The van der Waals surface area contributed by atoms with Crippen LogP contribution in [0.5, 0.6) is 0 Å². The minimum Gasteiger partial charge on any atom is -0.314 e. The molecule has 2 aliphatic heterocycles. The summed E-state index contributed by atoms with van der Waals surface area (Å²) in [6.07, 6.45) is 2.64. The van der Waals surface area contributed by atoms with Crippen LogP contribution in [0.4, 0.5) is 0 Å². The third-order valence-electron chi connectivity index (χ3n) is 1.70.